The highest BCUT2D eigenvalue weighted by molar-refractivity contribution is 9.11. The van der Waals surface area contributed by atoms with E-state index in [0.717, 1.165) is 0 Å². The van der Waals surface area contributed by atoms with E-state index in [4.69, 9.17) is 9.84 Å². The molecule has 2 N–H and O–H groups in total. The minimum absolute atomic E-state index is 0.0608. The van der Waals surface area contributed by atoms with Crippen LogP contribution in [0.5, 0.6) is 5.75 Å². The Hall–Kier alpha value is -1.93. The number of carbonyl (C=O) groups is 2. The summed E-state index contributed by atoms with van der Waals surface area (Å²) in [6.07, 6.45) is -0.120. The Morgan fingerprint density at radius 2 is 1.88 bits per heavy atom. The molecular formula is C17H14Br2FNO4. The summed E-state index contributed by atoms with van der Waals surface area (Å²) in [5.41, 5.74) is 0.959. The van der Waals surface area contributed by atoms with Crippen molar-refractivity contribution in [3.8, 4) is 5.75 Å². The maximum absolute atomic E-state index is 14.4. The van der Waals surface area contributed by atoms with Crippen molar-refractivity contribution in [3.05, 3.63) is 56.2 Å². The minimum atomic E-state index is -0.940. The third kappa shape index (κ3) is 5.27. The summed E-state index contributed by atoms with van der Waals surface area (Å²) >= 11 is 6.66. The van der Waals surface area contributed by atoms with Crippen molar-refractivity contribution in [3.63, 3.8) is 0 Å². The maximum Gasteiger partial charge on any atom is 0.307 e. The van der Waals surface area contributed by atoms with Crippen LogP contribution in [0.4, 0.5) is 10.1 Å². The van der Waals surface area contributed by atoms with E-state index < -0.39 is 11.8 Å². The largest absolute Gasteiger partial charge is 0.486 e. The van der Waals surface area contributed by atoms with Gasteiger partial charge < -0.3 is 15.2 Å². The van der Waals surface area contributed by atoms with E-state index in [2.05, 4.69) is 37.2 Å². The van der Waals surface area contributed by atoms with Crippen molar-refractivity contribution in [2.45, 2.75) is 20.0 Å². The van der Waals surface area contributed by atoms with Crippen molar-refractivity contribution in [2.75, 3.05) is 5.32 Å². The smallest absolute Gasteiger partial charge is 0.307 e. The van der Waals surface area contributed by atoms with Gasteiger partial charge in [-0.25, -0.2) is 4.39 Å². The Balaban J connectivity index is 2.19. The Bertz CT molecular complexity index is 803. The molecule has 0 aliphatic carbocycles. The fraction of sp³-hybridized carbons (Fsp3) is 0.176. The van der Waals surface area contributed by atoms with E-state index in [1.165, 1.54) is 13.0 Å². The number of carboxylic acid groups (broad SMARTS) is 1. The van der Waals surface area contributed by atoms with Crippen LogP contribution in [0.15, 0.2) is 39.3 Å². The second-order valence-corrected chi connectivity index (χ2v) is 6.92. The summed E-state index contributed by atoms with van der Waals surface area (Å²) in [5.74, 6) is -1.44. The van der Waals surface area contributed by atoms with Gasteiger partial charge in [0.2, 0.25) is 5.91 Å². The molecule has 0 saturated heterocycles. The predicted molar refractivity (Wildman–Crippen MR) is 98.2 cm³/mol. The van der Waals surface area contributed by atoms with Gasteiger partial charge in [0, 0.05) is 12.5 Å². The Kier molecular flexibility index (Phi) is 6.55. The zero-order chi connectivity index (χ0) is 18.6. The van der Waals surface area contributed by atoms with E-state index in [1.54, 1.807) is 24.3 Å². The first kappa shape index (κ1) is 19.4. The molecule has 0 heterocycles. The first-order chi connectivity index (χ1) is 11.8. The van der Waals surface area contributed by atoms with Gasteiger partial charge in [0.15, 0.2) is 5.82 Å². The van der Waals surface area contributed by atoms with Gasteiger partial charge in [-0.1, -0.05) is 12.1 Å². The van der Waals surface area contributed by atoms with Crippen LogP contribution in [0.2, 0.25) is 0 Å². The molecule has 0 aromatic heterocycles. The molecule has 0 saturated carbocycles. The molecule has 0 fully saturated rings. The zero-order valence-corrected chi connectivity index (χ0v) is 16.3. The fourth-order valence-electron chi connectivity index (χ4n) is 2.15. The van der Waals surface area contributed by atoms with E-state index in [0.29, 0.717) is 20.3 Å². The lowest BCUT2D eigenvalue weighted by molar-refractivity contribution is -0.136. The van der Waals surface area contributed by atoms with Crippen LogP contribution in [-0.2, 0) is 22.6 Å². The lowest BCUT2D eigenvalue weighted by atomic mass is 10.1. The molecule has 5 nitrogen and oxygen atoms in total. The van der Waals surface area contributed by atoms with Crippen LogP contribution >= 0.6 is 31.9 Å². The van der Waals surface area contributed by atoms with Gasteiger partial charge in [-0.2, -0.15) is 0 Å². The van der Waals surface area contributed by atoms with E-state index in [-0.39, 0.29) is 30.2 Å². The Morgan fingerprint density at radius 3 is 2.44 bits per heavy atom. The molecule has 0 unspecified atom stereocenters. The molecule has 8 heteroatoms. The van der Waals surface area contributed by atoms with Crippen molar-refractivity contribution in [1.29, 1.82) is 0 Å². The summed E-state index contributed by atoms with van der Waals surface area (Å²) < 4.78 is 21.1. The third-order valence-corrected chi connectivity index (χ3v) is 4.35. The summed E-state index contributed by atoms with van der Waals surface area (Å²) in [6.45, 7) is 1.24. The number of ether oxygens (including phenoxy) is 1. The number of aliphatic carboxylic acids is 1. The SMILES string of the molecule is CC(=O)Nc1cccc(COc2c(Br)cc(CC(=O)O)cc2Br)c1F. The summed E-state index contributed by atoms with van der Waals surface area (Å²) in [5, 5.41) is 11.3. The van der Waals surface area contributed by atoms with Gasteiger partial charge in [0.05, 0.1) is 21.1 Å². The highest BCUT2D eigenvalue weighted by Crippen LogP contribution is 2.35. The highest BCUT2D eigenvalue weighted by Gasteiger charge is 2.14. The van der Waals surface area contributed by atoms with Gasteiger partial charge in [0.25, 0.3) is 0 Å². The average Bonchev–Trinajstić information content (AvgIpc) is 2.48. The van der Waals surface area contributed by atoms with Crippen molar-refractivity contribution in [1.82, 2.24) is 0 Å². The second kappa shape index (κ2) is 8.44. The molecule has 0 bridgehead atoms. The number of hydrogen-bond donors (Lipinski definition) is 2. The highest BCUT2D eigenvalue weighted by atomic mass is 79.9. The molecule has 0 aliphatic heterocycles. The van der Waals surface area contributed by atoms with Gasteiger partial charge >= 0.3 is 5.97 Å². The fourth-order valence-corrected chi connectivity index (χ4v) is 3.66. The van der Waals surface area contributed by atoms with Crippen LogP contribution in [0.3, 0.4) is 0 Å². The molecule has 2 aromatic carbocycles. The third-order valence-electron chi connectivity index (χ3n) is 3.17. The van der Waals surface area contributed by atoms with E-state index >= 15 is 0 Å². The first-order valence-corrected chi connectivity index (χ1v) is 8.74. The average molecular weight is 475 g/mol. The number of hydrogen-bond acceptors (Lipinski definition) is 3. The van der Waals surface area contributed by atoms with Crippen LogP contribution < -0.4 is 10.1 Å². The van der Waals surface area contributed by atoms with Crippen LogP contribution in [0.1, 0.15) is 18.1 Å². The normalized spacial score (nSPS) is 10.4. The van der Waals surface area contributed by atoms with Crippen LogP contribution in [0.25, 0.3) is 0 Å². The number of anilines is 1. The van der Waals surface area contributed by atoms with Crippen LogP contribution in [-0.4, -0.2) is 17.0 Å². The van der Waals surface area contributed by atoms with Crippen LogP contribution in [0, 0.1) is 5.82 Å². The number of carbonyl (C=O) groups excluding carboxylic acids is 1. The summed E-state index contributed by atoms with van der Waals surface area (Å²) in [6, 6.07) is 7.91. The molecule has 25 heavy (non-hydrogen) atoms. The van der Waals surface area contributed by atoms with Crippen molar-refractivity contribution < 1.29 is 23.8 Å². The number of nitrogens with one attached hydrogen (secondary N) is 1. The number of halogens is 3. The van der Waals surface area contributed by atoms with E-state index in [1.807, 2.05) is 0 Å². The number of benzene rings is 2. The Morgan fingerprint density at radius 1 is 1.24 bits per heavy atom. The van der Waals surface area contributed by atoms with Gasteiger partial charge in [-0.05, 0) is 55.6 Å². The second-order valence-electron chi connectivity index (χ2n) is 5.21. The molecule has 1 amide bonds. The first-order valence-electron chi connectivity index (χ1n) is 7.15. The van der Waals surface area contributed by atoms with Gasteiger partial charge in [0.1, 0.15) is 12.4 Å². The molecule has 2 aromatic rings. The van der Waals surface area contributed by atoms with E-state index in [9.17, 15) is 14.0 Å². The zero-order valence-electron chi connectivity index (χ0n) is 13.1. The summed E-state index contributed by atoms with van der Waals surface area (Å²) in [7, 11) is 0. The molecule has 0 radical (unpaired) electrons. The molecule has 132 valence electrons. The number of rotatable bonds is 6. The monoisotopic (exact) mass is 473 g/mol. The topological polar surface area (TPSA) is 75.6 Å². The number of carboxylic acids is 1. The lowest BCUT2D eigenvalue weighted by Gasteiger charge is -2.13. The van der Waals surface area contributed by atoms with Gasteiger partial charge in [-0.3, -0.25) is 9.59 Å². The molecule has 0 spiro atoms. The molecular weight excluding hydrogens is 461 g/mol. The lowest BCUT2D eigenvalue weighted by Crippen LogP contribution is -2.09. The molecule has 2 rings (SSSR count). The maximum atomic E-state index is 14.4. The summed E-state index contributed by atoms with van der Waals surface area (Å²) in [4.78, 5) is 21.9. The molecule has 0 aliphatic rings. The standard InChI is InChI=1S/C17H14Br2FNO4/c1-9(22)21-14-4-2-3-11(16(14)20)8-25-17-12(18)5-10(6-13(17)19)7-15(23)24/h2-6H,7-8H2,1H3,(H,21,22)(H,23,24). The van der Waals surface area contributed by atoms with Crippen molar-refractivity contribution >= 4 is 49.4 Å². The Labute approximate surface area is 160 Å². The van der Waals surface area contributed by atoms with Crippen molar-refractivity contribution in [2.24, 2.45) is 0 Å². The number of amides is 1. The minimum Gasteiger partial charge on any atom is -0.486 e. The molecule has 0 atom stereocenters. The quantitative estimate of drug-likeness (QED) is 0.645. The van der Waals surface area contributed by atoms with Gasteiger partial charge in [-0.15, -0.1) is 0 Å². The predicted octanol–water partition coefficient (Wildman–Crippen LogP) is 4.52.